The number of ether oxygens (including phenoxy) is 1. The molecule has 2 bridgehead atoms. The quantitative estimate of drug-likeness (QED) is 0.901. The molecule has 0 radical (unpaired) electrons. The highest BCUT2D eigenvalue weighted by Crippen LogP contribution is 2.40. The molecule has 2 amide bonds. The predicted molar refractivity (Wildman–Crippen MR) is 94.4 cm³/mol. The van der Waals surface area contributed by atoms with Gasteiger partial charge in [0, 0.05) is 19.5 Å². The number of aromatic hydroxyl groups is 1. The Balaban J connectivity index is 1.72. The highest BCUT2D eigenvalue weighted by molar-refractivity contribution is 5.88. The molecule has 2 atom stereocenters. The molecule has 1 saturated heterocycles. The van der Waals surface area contributed by atoms with Crippen molar-refractivity contribution in [2.75, 3.05) is 13.7 Å². The van der Waals surface area contributed by atoms with E-state index in [1.165, 1.54) is 12.0 Å². The fraction of sp³-hybridized carbons (Fsp3) is 0.300. The van der Waals surface area contributed by atoms with Gasteiger partial charge in [-0.1, -0.05) is 36.4 Å². The minimum absolute atomic E-state index is 0.0748. The van der Waals surface area contributed by atoms with Crippen molar-refractivity contribution in [1.29, 1.82) is 0 Å². The van der Waals surface area contributed by atoms with Gasteiger partial charge in [0.2, 0.25) is 5.91 Å². The molecular formula is C20H20N2O4. The number of phenolic OH excluding ortho intramolecular Hbond substituents is 1. The van der Waals surface area contributed by atoms with Crippen LogP contribution in [0, 0.1) is 0 Å². The topological polar surface area (TPSA) is 70.1 Å². The normalized spacial score (nSPS) is 21.3. The number of nitrogens with zero attached hydrogens (tertiary/aromatic N) is 2. The molecule has 6 nitrogen and oxygen atoms in total. The van der Waals surface area contributed by atoms with E-state index >= 15 is 0 Å². The van der Waals surface area contributed by atoms with Gasteiger partial charge < -0.3 is 14.7 Å². The Bertz CT molecular complexity index is 852. The number of fused-ring (bicyclic) bond motifs is 4. The molecule has 0 saturated carbocycles. The van der Waals surface area contributed by atoms with Crippen LogP contribution in [-0.2, 0) is 22.5 Å². The van der Waals surface area contributed by atoms with E-state index in [2.05, 4.69) is 0 Å². The number of hydrogen-bond donors (Lipinski definition) is 1. The van der Waals surface area contributed by atoms with Crippen molar-refractivity contribution in [3.8, 4) is 5.75 Å². The molecule has 0 aliphatic carbocycles. The molecule has 6 heteroatoms. The van der Waals surface area contributed by atoms with E-state index in [4.69, 9.17) is 4.74 Å². The second kappa shape index (κ2) is 6.37. The molecule has 1 N–H and O–H groups in total. The summed E-state index contributed by atoms with van der Waals surface area (Å²) < 4.78 is 4.93. The van der Waals surface area contributed by atoms with Gasteiger partial charge in [0.1, 0.15) is 11.8 Å². The number of piperazine rings is 1. The van der Waals surface area contributed by atoms with Gasteiger partial charge in [-0.15, -0.1) is 0 Å². The molecule has 2 heterocycles. The Labute approximate surface area is 151 Å². The minimum atomic E-state index is -0.582. The van der Waals surface area contributed by atoms with Crippen molar-refractivity contribution >= 4 is 12.0 Å². The van der Waals surface area contributed by atoms with Crippen molar-refractivity contribution < 1.29 is 19.4 Å². The first kappa shape index (κ1) is 16.4. The molecule has 26 heavy (non-hydrogen) atoms. The molecule has 134 valence electrons. The lowest BCUT2D eigenvalue weighted by atomic mass is 9.84. The van der Waals surface area contributed by atoms with E-state index in [0.29, 0.717) is 19.5 Å². The Morgan fingerprint density at radius 1 is 1.19 bits per heavy atom. The zero-order chi connectivity index (χ0) is 18.3. The van der Waals surface area contributed by atoms with Crippen molar-refractivity contribution in [1.82, 2.24) is 9.80 Å². The average Bonchev–Trinajstić information content (AvgIpc) is 2.66. The monoisotopic (exact) mass is 352 g/mol. The lowest BCUT2D eigenvalue weighted by Crippen LogP contribution is -2.62. The summed E-state index contributed by atoms with van der Waals surface area (Å²) in [7, 11) is 1.32. The number of carbonyl (C=O) groups is 2. The molecular weight excluding hydrogens is 332 g/mol. The molecule has 0 aromatic heterocycles. The Morgan fingerprint density at radius 3 is 2.69 bits per heavy atom. The first-order valence-corrected chi connectivity index (χ1v) is 8.59. The maximum absolute atomic E-state index is 13.1. The maximum atomic E-state index is 13.1. The highest BCUT2D eigenvalue weighted by atomic mass is 16.5. The summed E-state index contributed by atoms with van der Waals surface area (Å²) in [5.74, 6) is 0.0766. The zero-order valence-electron chi connectivity index (χ0n) is 14.5. The summed E-state index contributed by atoms with van der Waals surface area (Å²) in [4.78, 5) is 28.7. The van der Waals surface area contributed by atoms with E-state index < -0.39 is 12.1 Å². The second-order valence-electron chi connectivity index (χ2n) is 6.70. The SMILES string of the molecule is COC(=O)N1[C@@H]2CN(Cc3ccccc3)C(=O)[C@@H]1Cc1ccc(O)cc12. The maximum Gasteiger partial charge on any atom is 0.410 e. The molecule has 0 spiro atoms. The van der Waals surface area contributed by atoms with Crippen molar-refractivity contribution in [3.05, 3.63) is 65.2 Å². The molecule has 2 aliphatic rings. The number of phenols is 1. The Hall–Kier alpha value is -3.02. The zero-order valence-corrected chi connectivity index (χ0v) is 14.5. The Morgan fingerprint density at radius 2 is 1.96 bits per heavy atom. The van der Waals surface area contributed by atoms with Gasteiger partial charge in [-0.05, 0) is 28.8 Å². The summed E-state index contributed by atoms with van der Waals surface area (Å²) in [6.45, 7) is 0.867. The van der Waals surface area contributed by atoms with Gasteiger partial charge >= 0.3 is 6.09 Å². The summed E-state index contributed by atoms with van der Waals surface area (Å²) in [5.41, 5.74) is 2.91. The van der Waals surface area contributed by atoms with Gasteiger partial charge in [-0.3, -0.25) is 9.69 Å². The fourth-order valence-corrected chi connectivity index (χ4v) is 3.96. The summed E-state index contributed by atoms with van der Waals surface area (Å²) in [5, 5.41) is 9.91. The third-order valence-corrected chi connectivity index (χ3v) is 5.17. The smallest absolute Gasteiger partial charge is 0.410 e. The third-order valence-electron chi connectivity index (χ3n) is 5.17. The van der Waals surface area contributed by atoms with Crippen molar-refractivity contribution in [2.24, 2.45) is 0 Å². The lowest BCUT2D eigenvalue weighted by molar-refractivity contribution is -0.145. The van der Waals surface area contributed by atoms with E-state index in [-0.39, 0.29) is 17.7 Å². The van der Waals surface area contributed by atoms with Crippen LogP contribution < -0.4 is 0 Å². The van der Waals surface area contributed by atoms with Gasteiger partial charge in [0.25, 0.3) is 0 Å². The van der Waals surface area contributed by atoms with Crippen LogP contribution in [0.2, 0.25) is 0 Å². The molecule has 0 unspecified atom stereocenters. The van der Waals surface area contributed by atoms with E-state index in [1.807, 2.05) is 36.4 Å². The first-order chi connectivity index (χ1) is 12.6. The third kappa shape index (κ3) is 2.67. The van der Waals surface area contributed by atoms with Crippen LogP contribution in [0.5, 0.6) is 5.75 Å². The van der Waals surface area contributed by atoms with Crippen LogP contribution in [0.1, 0.15) is 22.7 Å². The largest absolute Gasteiger partial charge is 0.508 e. The molecule has 2 aromatic rings. The van der Waals surface area contributed by atoms with E-state index in [0.717, 1.165) is 16.7 Å². The molecule has 2 aromatic carbocycles. The van der Waals surface area contributed by atoms with Crippen LogP contribution in [0.15, 0.2) is 48.5 Å². The van der Waals surface area contributed by atoms with Crippen LogP contribution in [-0.4, -0.2) is 46.6 Å². The first-order valence-electron chi connectivity index (χ1n) is 8.59. The molecule has 2 aliphatic heterocycles. The molecule has 4 rings (SSSR count). The summed E-state index contributed by atoms with van der Waals surface area (Å²) in [6.07, 6.45) is -0.0904. The van der Waals surface area contributed by atoms with Gasteiger partial charge in [-0.2, -0.15) is 0 Å². The number of rotatable bonds is 2. The average molecular weight is 352 g/mol. The van der Waals surface area contributed by atoms with Gasteiger partial charge in [-0.25, -0.2) is 4.79 Å². The number of hydrogen-bond acceptors (Lipinski definition) is 4. The van der Waals surface area contributed by atoms with Crippen LogP contribution in [0.4, 0.5) is 4.79 Å². The van der Waals surface area contributed by atoms with E-state index in [1.54, 1.807) is 17.0 Å². The minimum Gasteiger partial charge on any atom is -0.508 e. The number of methoxy groups -OCH3 is 1. The van der Waals surface area contributed by atoms with Gasteiger partial charge in [0.15, 0.2) is 0 Å². The van der Waals surface area contributed by atoms with Crippen LogP contribution in [0.25, 0.3) is 0 Å². The van der Waals surface area contributed by atoms with Crippen LogP contribution >= 0.6 is 0 Å². The van der Waals surface area contributed by atoms with Crippen LogP contribution in [0.3, 0.4) is 0 Å². The van der Waals surface area contributed by atoms with E-state index in [9.17, 15) is 14.7 Å². The standard InChI is InChI=1S/C20H20N2O4/c1-26-20(25)22-17-9-14-7-8-15(23)10-16(14)18(22)12-21(19(17)24)11-13-5-3-2-4-6-13/h2-8,10,17-18,23H,9,11-12H2,1H3/t17-,18+/m0/s1. The van der Waals surface area contributed by atoms with Crippen molar-refractivity contribution in [3.63, 3.8) is 0 Å². The van der Waals surface area contributed by atoms with Gasteiger partial charge in [0.05, 0.1) is 13.2 Å². The second-order valence-corrected chi connectivity index (χ2v) is 6.70. The highest BCUT2D eigenvalue weighted by Gasteiger charge is 2.48. The summed E-state index contributed by atoms with van der Waals surface area (Å²) in [6, 6.07) is 14.0. The Kier molecular flexibility index (Phi) is 4.03. The number of carbonyl (C=O) groups excluding carboxylic acids is 2. The number of amides is 2. The predicted octanol–water partition coefficient (Wildman–Crippen LogP) is 2.47. The number of benzene rings is 2. The fourth-order valence-electron chi connectivity index (χ4n) is 3.96. The van der Waals surface area contributed by atoms with Crippen molar-refractivity contribution in [2.45, 2.75) is 25.0 Å². The summed E-state index contributed by atoms with van der Waals surface area (Å²) >= 11 is 0. The lowest BCUT2D eigenvalue weighted by Gasteiger charge is -2.49. The molecule has 1 fully saturated rings.